The first-order valence-electron chi connectivity index (χ1n) is 9.92. The van der Waals surface area contributed by atoms with Crippen molar-refractivity contribution in [3.8, 4) is 0 Å². The van der Waals surface area contributed by atoms with E-state index in [9.17, 15) is 18.4 Å². The predicted octanol–water partition coefficient (Wildman–Crippen LogP) is 2.89. The quantitative estimate of drug-likeness (QED) is 0.806. The van der Waals surface area contributed by atoms with Gasteiger partial charge in [-0.2, -0.15) is 0 Å². The Kier molecular flexibility index (Phi) is 6.01. The van der Waals surface area contributed by atoms with Crippen LogP contribution in [-0.4, -0.2) is 47.3 Å². The molecule has 2 aliphatic heterocycles. The van der Waals surface area contributed by atoms with Crippen molar-refractivity contribution in [3.63, 3.8) is 0 Å². The fraction of sp³-hybridized carbons (Fsp3) is 0.364. The summed E-state index contributed by atoms with van der Waals surface area (Å²) in [5.41, 5.74) is 2.24. The average Bonchev–Trinajstić information content (AvgIpc) is 2.73. The number of hydrogen-bond acceptors (Lipinski definition) is 3. The summed E-state index contributed by atoms with van der Waals surface area (Å²) in [5, 5.41) is 3.47. The van der Waals surface area contributed by atoms with Crippen LogP contribution >= 0.6 is 11.6 Å². The molecule has 2 aromatic rings. The highest BCUT2D eigenvalue weighted by atomic mass is 35.5. The maximum Gasteiger partial charge on any atom is 0.237 e. The molecule has 0 aromatic heterocycles. The maximum absolute atomic E-state index is 14.1. The third kappa shape index (κ3) is 4.18. The second kappa shape index (κ2) is 8.70. The summed E-state index contributed by atoms with van der Waals surface area (Å²) < 4.78 is 27.7. The number of rotatable bonds is 4. The monoisotopic (exact) mass is 433 g/mol. The first kappa shape index (κ1) is 20.8. The van der Waals surface area contributed by atoms with Crippen LogP contribution in [0.2, 0.25) is 5.02 Å². The zero-order valence-corrected chi connectivity index (χ0v) is 17.1. The van der Waals surface area contributed by atoms with Crippen molar-refractivity contribution < 1.29 is 18.4 Å². The topological polar surface area (TPSA) is 52.7 Å². The number of carbonyl (C=O) groups is 2. The van der Waals surface area contributed by atoms with Gasteiger partial charge in [-0.05, 0) is 29.7 Å². The molecule has 2 amide bonds. The summed E-state index contributed by atoms with van der Waals surface area (Å²) in [6.45, 7) is 1.89. The highest BCUT2D eigenvalue weighted by Gasteiger charge is 2.34. The normalized spacial score (nSPS) is 19.4. The van der Waals surface area contributed by atoms with Gasteiger partial charge in [-0.25, -0.2) is 8.78 Å². The zero-order valence-electron chi connectivity index (χ0n) is 16.3. The molecule has 1 unspecified atom stereocenters. The molecule has 158 valence electrons. The Morgan fingerprint density at radius 1 is 1.17 bits per heavy atom. The smallest absolute Gasteiger partial charge is 0.237 e. The van der Waals surface area contributed by atoms with Crippen molar-refractivity contribution in [3.05, 3.63) is 69.7 Å². The van der Waals surface area contributed by atoms with E-state index in [0.29, 0.717) is 37.6 Å². The minimum atomic E-state index is -0.924. The summed E-state index contributed by atoms with van der Waals surface area (Å²) in [5.74, 6) is -2.26. The van der Waals surface area contributed by atoms with Crippen LogP contribution in [-0.2, 0) is 29.1 Å². The van der Waals surface area contributed by atoms with E-state index in [1.165, 1.54) is 12.1 Å². The Bertz CT molecular complexity index is 985. The van der Waals surface area contributed by atoms with Crippen LogP contribution in [0.25, 0.3) is 0 Å². The summed E-state index contributed by atoms with van der Waals surface area (Å²) in [6.07, 6.45) is 0.647. The molecule has 1 fully saturated rings. The van der Waals surface area contributed by atoms with Gasteiger partial charge >= 0.3 is 0 Å². The van der Waals surface area contributed by atoms with Gasteiger partial charge in [-0.15, -0.1) is 0 Å². The molecule has 1 saturated heterocycles. The van der Waals surface area contributed by atoms with E-state index in [-0.39, 0.29) is 30.3 Å². The van der Waals surface area contributed by atoms with Crippen molar-refractivity contribution in [2.45, 2.75) is 32.0 Å². The van der Waals surface area contributed by atoms with E-state index in [4.69, 9.17) is 11.6 Å². The fourth-order valence-corrected chi connectivity index (χ4v) is 4.42. The Morgan fingerprint density at radius 2 is 1.97 bits per heavy atom. The van der Waals surface area contributed by atoms with E-state index < -0.39 is 17.7 Å². The molecule has 1 atom stereocenters. The standard InChI is InChI=1S/C22H22ClF2N3O2/c23-17-5-1-3-14-12-28(9-7-16(14)17)20(29)11-19-22(30)26-8-10-27(19)13-15-4-2-6-18(24)21(15)25/h1-6,19H,7-13H2,(H,26,30). The average molecular weight is 434 g/mol. The Balaban J connectivity index is 1.47. The molecule has 4 rings (SSSR count). The Morgan fingerprint density at radius 3 is 2.80 bits per heavy atom. The van der Waals surface area contributed by atoms with E-state index in [1.54, 1.807) is 9.80 Å². The molecule has 0 radical (unpaired) electrons. The SMILES string of the molecule is O=C1NCCN(Cc2cccc(F)c2F)C1CC(=O)N1CCc2c(Cl)cccc2C1. The van der Waals surface area contributed by atoms with Crippen LogP contribution < -0.4 is 5.32 Å². The molecule has 2 aliphatic rings. The molecular formula is C22H22ClF2N3O2. The summed E-state index contributed by atoms with van der Waals surface area (Å²) in [7, 11) is 0. The molecule has 0 bridgehead atoms. The molecule has 8 heteroatoms. The van der Waals surface area contributed by atoms with Gasteiger partial charge in [0.1, 0.15) is 0 Å². The van der Waals surface area contributed by atoms with Gasteiger partial charge in [0.15, 0.2) is 11.6 Å². The lowest BCUT2D eigenvalue weighted by molar-refractivity contribution is -0.139. The molecule has 0 spiro atoms. The summed E-state index contributed by atoms with van der Waals surface area (Å²) >= 11 is 6.24. The molecule has 5 nitrogen and oxygen atoms in total. The second-order valence-electron chi connectivity index (χ2n) is 7.64. The molecule has 0 saturated carbocycles. The Hall–Kier alpha value is -2.51. The van der Waals surface area contributed by atoms with Crippen molar-refractivity contribution in [1.82, 2.24) is 15.1 Å². The largest absolute Gasteiger partial charge is 0.353 e. The van der Waals surface area contributed by atoms with Crippen molar-refractivity contribution in [2.24, 2.45) is 0 Å². The molecule has 0 aliphatic carbocycles. The number of halogens is 3. The number of fused-ring (bicyclic) bond motifs is 1. The summed E-state index contributed by atoms with van der Waals surface area (Å²) in [4.78, 5) is 28.9. The first-order valence-corrected chi connectivity index (χ1v) is 10.3. The predicted molar refractivity (Wildman–Crippen MR) is 109 cm³/mol. The van der Waals surface area contributed by atoms with Crippen LogP contribution in [0.3, 0.4) is 0 Å². The highest BCUT2D eigenvalue weighted by molar-refractivity contribution is 6.31. The van der Waals surface area contributed by atoms with Crippen molar-refractivity contribution in [1.29, 1.82) is 0 Å². The lowest BCUT2D eigenvalue weighted by Crippen LogP contribution is -2.56. The van der Waals surface area contributed by atoms with Crippen molar-refractivity contribution >= 4 is 23.4 Å². The molecule has 2 aromatic carbocycles. The number of hydrogen-bond donors (Lipinski definition) is 1. The molecular weight excluding hydrogens is 412 g/mol. The molecule has 2 heterocycles. The molecule has 1 N–H and O–H groups in total. The van der Waals surface area contributed by atoms with Gasteiger partial charge in [0.05, 0.1) is 12.5 Å². The third-order valence-corrected chi connectivity index (χ3v) is 6.13. The Labute approximate surface area is 178 Å². The van der Waals surface area contributed by atoms with Crippen LogP contribution in [0.1, 0.15) is 23.1 Å². The number of piperazine rings is 1. The minimum absolute atomic E-state index is 0.0152. The zero-order chi connectivity index (χ0) is 21.3. The maximum atomic E-state index is 14.1. The van der Waals surface area contributed by atoms with E-state index in [1.807, 2.05) is 18.2 Å². The summed E-state index contributed by atoms with van der Waals surface area (Å²) in [6, 6.07) is 8.92. The second-order valence-corrected chi connectivity index (χ2v) is 8.04. The van der Waals surface area contributed by atoms with Gasteiger partial charge in [0, 0.05) is 43.3 Å². The fourth-order valence-electron chi connectivity index (χ4n) is 4.13. The highest BCUT2D eigenvalue weighted by Crippen LogP contribution is 2.27. The number of benzene rings is 2. The van der Waals surface area contributed by atoms with Crippen LogP contribution in [0.5, 0.6) is 0 Å². The van der Waals surface area contributed by atoms with Gasteiger partial charge in [0.25, 0.3) is 0 Å². The van der Waals surface area contributed by atoms with E-state index >= 15 is 0 Å². The number of amides is 2. The van der Waals surface area contributed by atoms with Crippen LogP contribution in [0, 0.1) is 11.6 Å². The first-order chi connectivity index (χ1) is 14.4. The van der Waals surface area contributed by atoms with Crippen LogP contribution in [0.4, 0.5) is 8.78 Å². The van der Waals surface area contributed by atoms with E-state index in [0.717, 1.165) is 17.2 Å². The minimum Gasteiger partial charge on any atom is -0.353 e. The lowest BCUT2D eigenvalue weighted by atomic mass is 9.98. The molecule has 30 heavy (non-hydrogen) atoms. The number of carbonyl (C=O) groups excluding carboxylic acids is 2. The number of nitrogens with zero attached hydrogens (tertiary/aromatic N) is 2. The van der Waals surface area contributed by atoms with E-state index in [2.05, 4.69) is 5.32 Å². The van der Waals surface area contributed by atoms with Gasteiger partial charge in [0.2, 0.25) is 11.8 Å². The van der Waals surface area contributed by atoms with Gasteiger partial charge in [-0.3, -0.25) is 14.5 Å². The van der Waals surface area contributed by atoms with Crippen molar-refractivity contribution in [2.75, 3.05) is 19.6 Å². The van der Waals surface area contributed by atoms with Crippen LogP contribution in [0.15, 0.2) is 36.4 Å². The van der Waals surface area contributed by atoms with Gasteiger partial charge in [-0.1, -0.05) is 35.9 Å². The van der Waals surface area contributed by atoms with Gasteiger partial charge < -0.3 is 10.2 Å². The lowest BCUT2D eigenvalue weighted by Gasteiger charge is -2.36. The third-order valence-electron chi connectivity index (χ3n) is 5.78. The number of nitrogens with one attached hydrogen (secondary N) is 1.